The maximum absolute atomic E-state index is 11.8. The van der Waals surface area contributed by atoms with Crippen LogP contribution in [0.15, 0.2) is 18.5 Å². The molecular weight excluding hydrogens is 258 g/mol. The van der Waals surface area contributed by atoms with Gasteiger partial charge in [0.05, 0.1) is 17.4 Å². The minimum atomic E-state index is -1.07. The van der Waals surface area contributed by atoms with E-state index in [1.807, 2.05) is 0 Å². The van der Waals surface area contributed by atoms with Gasteiger partial charge >= 0.3 is 12.0 Å². The largest absolute Gasteiger partial charge is 0.478 e. The summed E-state index contributed by atoms with van der Waals surface area (Å²) in [5, 5.41) is 14.3. The van der Waals surface area contributed by atoms with Gasteiger partial charge in [0.25, 0.3) is 0 Å². The van der Waals surface area contributed by atoms with Crippen molar-refractivity contribution in [1.29, 1.82) is 0 Å². The number of carboxylic acid groups (broad SMARTS) is 1. The molecule has 1 aromatic rings. The van der Waals surface area contributed by atoms with Crippen molar-refractivity contribution in [1.82, 2.24) is 10.3 Å². The Morgan fingerprint density at radius 2 is 2.05 bits per heavy atom. The number of nitrogens with one attached hydrogen (secondary N) is 2. The first-order valence-corrected chi connectivity index (χ1v) is 6.72. The molecule has 108 valence electrons. The lowest BCUT2D eigenvalue weighted by Gasteiger charge is -2.23. The average Bonchev–Trinajstić information content (AvgIpc) is 2.84. The molecule has 0 spiro atoms. The number of carbonyl (C=O) groups is 2. The third-order valence-electron chi connectivity index (χ3n) is 3.73. The number of carbonyl (C=O) groups excluding carboxylic acids is 1. The number of anilines is 1. The molecule has 1 aromatic heterocycles. The predicted molar refractivity (Wildman–Crippen MR) is 74.8 cm³/mol. The SMILES string of the molecule is CC1(CNC(=O)Nc2cncc(C(=O)O)c2)CCCC1. The maximum Gasteiger partial charge on any atom is 0.337 e. The molecular formula is C14H19N3O3. The number of hydrogen-bond donors (Lipinski definition) is 3. The number of carboxylic acids is 1. The van der Waals surface area contributed by atoms with Gasteiger partial charge in [0.15, 0.2) is 0 Å². The molecule has 0 atom stereocenters. The fourth-order valence-electron chi connectivity index (χ4n) is 2.50. The van der Waals surface area contributed by atoms with E-state index >= 15 is 0 Å². The minimum Gasteiger partial charge on any atom is -0.478 e. The van der Waals surface area contributed by atoms with E-state index in [4.69, 9.17) is 5.11 Å². The second kappa shape index (κ2) is 5.90. The number of rotatable bonds is 4. The van der Waals surface area contributed by atoms with Gasteiger partial charge in [-0.2, -0.15) is 0 Å². The second-order valence-corrected chi connectivity index (χ2v) is 5.59. The van der Waals surface area contributed by atoms with Gasteiger partial charge in [-0.1, -0.05) is 19.8 Å². The predicted octanol–water partition coefficient (Wildman–Crippen LogP) is 2.48. The number of nitrogens with zero attached hydrogens (tertiary/aromatic N) is 1. The van der Waals surface area contributed by atoms with Crippen molar-refractivity contribution >= 4 is 17.7 Å². The van der Waals surface area contributed by atoms with E-state index in [1.165, 1.54) is 31.3 Å². The molecule has 0 unspecified atom stereocenters. The Morgan fingerprint density at radius 3 is 2.70 bits per heavy atom. The van der Waals surface area contributed by atoms with E-state index < -0.39 is 5.97 Å². The van der Waals surface area contributed by atoms with E-state index in [0.29, 0.717) is 12.2 Å². The first-order chi connectivity index (χ1) is 9.48. The molecule has 0 radical (unpaired) electrons. The Labute approximate surface area is 117 Å². The van der Waals surface area contributed by atoms with Crippen molar-refractivity contribution < 1.29 is 14.7 Å². The lowest BCUT2D eigenvalue weighted by molar-refractivity contribution is 0.0696. The van der Waals surface area contributed by atoms with Crippen molar-refractivity contribution in [2.24, 2.45) is 5.41 Å². The summed E-state index contributed by atoms with van der Waals surface area (Å²) in [7, 11) is 0. The number of pyridine rings is 1. The van der Waals surface area contributed by atoms with Crippen LogP contribution in [0.4, 0.5) is 10.5 Å². The smallest absolute Gasteiger partial charge is 0.337 e. The summed E-state index contributed by atoms with van der Waals surface area (Å²) in [6.07, 6.45) is 7.34. The number of aromatic nitrogens is 1. The van der Waals surface area contributed by atoms with Crippen molar-refractivity contribution in [2.45, 2.75) is 32.6 Å². The van der Waals surface area contributed by atoms with Gasteiger partial charge in [0.2, 0.25) is 0 Å². The number of amides is 2. The normalized spacial score (nSPS) is 16.6. The quantitative estimate of drug-likeness (QED) is 0.788. The molecule has 1 fully saturated rings. The molecule has 20 heavy (non-hydrogen) atoms. The standard InChI is InChI=1S/C14H19N3O3/c1-14(4-2-3-5-14)9-16-13(20)17-11-6-10(12(18)19)7-15-8-11/h6-8H,2-5,9H2,1H3,(H,18,19)(H2,16,17,20). The topological polar surface area (TPSA) is 91.3 Å². The minimum absolute atomic E-state index is 0.0468. The summed E-state index contributed by atoms with van der Waals surface area (Å²) < 4.78 is 0. The van der Waals surface area contributed by atoms with Crippen LogP contribution in [0, 0.1) is 5.41 Å². The Bertz CT molecular complexity index is 510. The molecule has 1 heterocycles. The van der Waals surface area contributed by atoms with Crippen molar-refractivity contribution in [3.05, 3.63) is 24.0 Å². The molecule has 1 saturated carbocycles. The summed E-state index contributed by atoms with van der Waals surface area (Å²) >= 11 is 0. The second-order valence-electron chi connectivity index (χ2n) is 5.59. The lowest BCUT2D eigenvalue weighted by atomic mass is 9.89. The van der Waals surface area contributed by atoms with E-state index in [2.05, 4.69) is 22.5 Å². The monoisotopic (exact) mass is 277 g/mol. The fraction of sp³-hybridized carbons (Fsp3) is 0.500. The molecule has 6 heteroatoms. The highest BCUT2D eigenvalue weighted by atomic mass is 16.4. The summed E-state index contributed by atoms with van der Waals surface area (Å²) in [5.74, 6) is -1.07. The highest BCUT2D eigenvalue weighted by Crippen LogP contribution is 2.36. The van der Waals surface area contributed by atoms with Crippen molar-refractivity contribution in [3.8, 4) is 0 Å². The molecule has 0 aliphatic heterocycles. The molecule has 1 aliphatic carbocycles. The van der Waals surface area contributed by atoms with Crippen LogP contribution >= 0.6 is 0 Å². The molecule has 0 bridgehead atoms. The Hall–Kier alpha value is -2.11. The van der Waals surface area contributed by atoms with Crippen LogP contribution in [-0.4, -0.2) is 28.6 Å². The van der Waals surface area contributed by atoms with Gasteiger partial charge in [-0.05, 0) is 24.3 Å². The highest BCUT2D eigenvalue weighted by Gasteiger charge is 2.28. The average molecular weight is 277 g/mol. The molecule has 2 rings (SSSR count). The first-order valence-electron chi connectivity index (χ1n) is 6.72. The van der Waals surface area contributed by atoms with Crippen LogP contribution in [0.1, 0.15) is 43.0 Å². The van der Waals surface area contributed by atoms with Gasteiger partial charge in [-0.15, -0.1) is 0 Å². The van der Waals surface area contributed by atoms with E-state index in [-0.39, 0.29) is 17.0 Å². The molecule has 2 amide bonds. The Morgan fingerprint density at radius 1 is 1.35 bits per heavy atom. The van der Waals surface area contributed by atoms with Gasteiger partial charge < -0.3 is 15.7 Å². The number of hydrogen-bond acceptors (Lipinski definition) is 3. The van der Waals surface area contributed by atoms with E-state index in [9.17, 15) is 9.59 Å². The summed E-state index contributed by atoms with van der Waals surface area (Å²) in [4.78, 5) is 26.4. The highest BCUT2D eigenvalue weighted by molar-refractivity contribution is 5.92. The maximum atomic E-state index is 11.8. The lowest BCUT2D eigenvalue weighted by Crippen LogP contribution is -2.36. The van der Waals surface area contributed by atoms with Crippen molar-refractivity contribution in [3.63, 3.8) is 0 Å². The van der Waals surface area contributed by atoms with Crippen LogP contribution in [0.25, 0.3) is 0 Å². The molecule has 3 N–H and O–H groups in total. The number of aromatic carboxylic acids is 1. The Balaban J connectivity index is 1.88. The summed E-state index contributed by atoms with van der Waals surface area (Å²) in [5.41, 5.74) is 0.600. The summed E-state index contributed by atoms with van der Waals surface area (Å²) in [6, 6.07) is 1.05. The van der Waals surface area contributed by atoms with Crippen LogP contribution in [-0.2, 0) is 0 Å². The van der Waals surface area contributed by atoms with E-state index in [1.54, 1.807) is 0 Å². The summed E-state index contributed by atoms with van der Waals surface area (Å²) in [6.45, 7) is 2.80. The van der Waals surface area contributed by atoms with Crippen LogP contribution in [0.2, 0.25) is 0 Å². The van der Waals surface area contributed by atoms with Crippen LogP contribution < -0.4 is 10.6 Å². The third kappa shape index (κ3) is 3.69. The zero-order chi connectivity index (χ0) is 14.6. The number of urea groups is 1. The Kier molecular flexibility index (Phi) is 4.22. The molecule has 0 saturated heterocycles. The van der Waals surface area contributed by atoms with Crippen LogP contribution in [0.5, 0.6) is 0 Å². The first kappa shape index (κ1) is 14.3. The van der Waals surface area contributed by atoms with Crippen LogP contribution in [0.3, 0.4) is 0 Å². The zero-order valence-electron chi connectivity index (χ0n) is 11.5. The molecule has 0 aromatic carbocycles. The zero-order valence-corrected chi connectivity index (χ0v) is 11.5. The molecule has 1 aliphatic rings. The van der Waals surface area contributed by atoms with Crippen molar-refractivity contribution in [2.75, 3.05) is 11.9 Å². The van der Waals surface area contributed by atoms with E-state index in [0.717, 1.165) is 12.8 Å². The van der Waals surface area contributed by atoms with Gasteiger partial charge in [-0.25, -0.2) is 9.59 Å². The third-order valence-corrected chi connectivity index (χ3v) is 3.73. The molecule has 6 nitrogen and oxygen atoms in total. The van der Waals surface area contributed by atoms with Gasteiger partial charge in [0.1, 0.15) is 0 Å². The fourth-order valence-corrected chi connectivity index (χ4v) is 2.50. The van der Waals surface area contributed by atoms with Gasteiger partial charge in [-0.3, -0.25) is 4.98 Å². The van der Waals surface area contributed by atoms with Gasteiger partial charge in [0, 0.05) is 12.7 Å².